The van der Waals surface area contributed by atoms with E-state index in [9.17, 15) is 4.79 Å². The number of aliphatic imine (C=N–C) groups is 1. The van der Waals surface area contributed by atoms with Gasteiger partial charge in [-0.2, -0.15) is 0 Å². The third-order valence-corrected chi connectivity index (χ3v) is 2.56. The summed E-state index contributed by atoms with van der Waals surface area (Å²) in [6.45, 7) is 1.70. The highest BCUT2D eigenvalue weighted by atomic mass is 35.5. The number of anilines is 1. The van der Waals surface area contributed by atoms with Crippen molar-refractivity contribution >= 4 is 29.2 Å². The quantitative estimate of drug-likeness (QED) is 0.482. The van der Waals surface area contributed by atoms with Crippen LogP contribution in [-0.2, 0) is 9.53 Å². The lowest BCUT2D eigenvalue weighted by Gasteiger charge is -2.04. The Morgan fingerprint density at radius 3 is 2.88 bits per heavy atom. The molecule has 0 spiro atoms. The highest BCUT2D eigenvalue weighted by Gasteiger charge is 2.23. The Balaban J connectivity index is 2.40. The zero-order chi connectivity index (χ0) is 12.4. The van der Waals surface area contributed by atoms with E-state index in [1.165, 1.54) is 6.07 Å². The fourth-order valence-electron chi connectivity index (χ4n) is 1.37. The van der Waals surface area contributed by atoms with Gasteiger partial charge in [-0.1, -0.05) is 17.7 Å². The summed E-state index contributed by atoms with van der Waals surface area (Å²) in [5, 5.41) is 9.20. The number of ether oxygens (including phenoxy) is 1. The molecular formula is C11H9ClN2O3. The van der Waals surface area contributed by atoms with Crippen molar-refractivity contribution in [2.75, 3.05) is 5.48 Å². The van der Waals surface area contributed by atoms with E-state index >= 15 is 0 Å². The second-order valence-electron chi connectivity index (χ2n) is 3.29. The molecule has 1 aliphatic heterocycles. The first-order valence-corrected chi connectivity index (χ1v) is 5.20. The summed E-state index contributed by atoms with van der Waals surface area (Å²) in [6, 6.07) is 4.75. The minimum Gasteiger partial charge on any atom is -0.402 e. The molecule has 1 aromatic rings. The lowest BCUT2D eigenvalue weighted by Crippen LogP contribution is -2.06. The smallest absolute Gasteiger partial charge is 0.363 e. The third kappa shape index (κ3) is 2.15. The zero-order valence-electron chi connectivity index (χ0n) is 8.90. The Morgan fingerprint density at radius 1 is 1.53 bits per heavy atom. The highest BCUT2D eigenvalue weighted by molar-refractivity contribution is 6.33. The number of hydrogen-bond donors (Lipinski definition) is 2. The number of carbonyl (C=O) groups is 1. The van der Waals surface area contributed by atoms with E-state index in [1.807, 2.05) is 5.48 Å². The topological polar surface area (TPSA) is 70.9 Å². The van der Waals surface area contributed by atoms with Crippen molar-refractivity contribution in [2.45, 2.75) is 6.92 Å². The maximum Gasteiger partial charge on any atom is 0.363 e. The number of nitrogens with one attached hydrogen (secondary N) is 1. The number of esters is 1. The molecule has 1 heterocycles. The van der Waals surface area contributed by atoms with Crippen molar-refractivity contribution in [3.8, 4) is 0 Å². The summed E-state index contributed by atoms with van der Waals surface area (Å²) in [7, 11) is 0. The molecule has 0 bridgehead atoms. The van der Waals surface area contributed by atoms with Crippen LogP contribution in [0, 0.1) is 0 Å². The number of carbonyl (C=O) groups excluding carboxylic acids is 1. The van der Waals surface area contributed by atoms with Crippen molar-refractivity contribution in [1.29, 1.82) is 0 Å². The van der Waals surface area contributed by atoms with Gasteiger partial charge in [0.05, 0.1) is 10.7 Å². The molecule has 0 unspecified atom stereocenters. The molecule has 0 atom stereocenters. The van der Waals surface area contributed by atoms with Crippen LogP contribution in [0.3, 0.4) is 0 Å². The van der Waals surface area contributed by atoms with E-state index in [1.54, 1.807) is 25.1 Å². The van der Waals surface area contributed by atoms with Crippen LogP contribution in [0.1, 0.15) is 12.5 Å². The predicted molar refractivity (Wildman–Crippen MR) is 63.2 cm³/mol. The van der Waals surface area contributed by atoms with Gasteiger partial charge in [-0.15, -0.1) is 0 Å². The van der Waals surface area contributed by atoms with Gasteiger partial charge in [0.15, 0.2) is 0 Å². The van der Waals surface area contributed by atoms with E-state index in [0.717, 1.165) is 0 Å². The van der Waals surface area contributed by atoms with Crippen LogP contribution in [0.15, 0.2) is 35.0 Å². The van der Waals surface area contributed by atoms with E-state index < -0.39 is 5.97 Å². The number of nitrogens with zero attached hydrogens (tertiary/aromatic N) is 1. The maximum atomic E-state index is 11.3. The first-order valence-electron chi connectivity index (χ1n) is 4.83. The van der Waals surface area contributed by atoms with Crippen LogP contribution in [0.2, 0.25) is 5.02 Å². The Kier molecular flexibility index (Phi) is 3.12. The lowest BCUT2D eigenvalue weighted by molar-refractivity contribution is -0.130. The molecule has 6 heteroatoms. The molecule has 0 radical (unpaired) electrons. The molecule has 0 saturated carbocycles. The Hall–Kier alpha value is -1.85. The van der Waals surface area contributed by atoms with Crippen molar-refractivity contribution in [3.05, 3.63) is 40.6 Å². The second-order valence-corrected chi connectivity index (χ2v) is 3.69. The Morgan fingerprint density at radius 2 is 2.29 bits per heavy atom. The minimum atomic E-state index is -0.490. The van der Waals surface area contributed by atoms with Crippen molar-refractivity contribution in [2.24, 2.45) is 4.99 Å². The van der Waals surface area contributed by atoms with Crippen LogP contribution < -0.4 is 5.48 Å². The van der Waals surface area contributed by atoms with Crippen molar-refractivity contribution in [1.82, 2.24) is 0 Å². The average molecular weight is 253 g/mol. The third-order valence-electron chi connectivity index (χ3n) is 2.23. The van der Waals surface area contributed by atoms with E-state index in [-0.39, 0.29) is 11.6 Å². The Labute approximate surface area is 102 Å². The monoisotopic (exact) mass is 252 g/mol. The molecule has 17 heavy (non-hydrogen) atoms. The van der Waals surface area contributed by atoms with Crippen molar-refractivity contribution < 1.29 is 14.7 Å². The molecule has 0 aromatic heterocycles. The number of rotatable bonds is 2. The van der Waals surface area contributed by atoms with E-state index in [4.69, 9.17) is 21.5 Å². The SMILES string of the molecule is C/C=C1\N=C(c2ccc(Cl)c(NO)c2)OC1=O. The molecule has 88 valence electrons. The first-order chi connectivity index (χ1) is 8.15. The number of halogens is 1. The van der Waals surface area contributed by atoms with Crippen molar-refractivity contribution in [3.63, 3.8) is 0 Å². The molecule has 0 amide bonds. The average Bonchev–Trinajstić information content (AvgIpc) is 2.71. The van der Waals surface area contributed by atoms with Gasteiger partial charge in [-0.25, -0.2) is 9.79 Å². The summed E-state index contributed by atoms with van der Waals surface area (Å²) in [4.78, 5) is 15.3. The number of benzene rings is 1. The van der Waals surface area contributed by atoms with Gasteiger partial charge >= 0.3 is 5.97 Å². The van der Waals surface area contributed by atoms with Gasteiger partial charge in [0.25, 0.3) is 0 Å². The van der Waals surface area contributed by atoms with Crippen LogP contribution in [0.4, 0.5) is 5.69 Å². The van der Waals surface area contributed by atoms with Gasteiger partial charge < -0.3 is 4.74 Å². The Bertz CT molecular complexity index is 538. The van der Waals surface area contributed by atoms with Gasteiger partial charge in [-0.05, 0) is 25.1 Å². The zero-order valence-corrected chi connectivity index (χ0v) is 9.65. The summed E-state index contributed by atoms with van der Waals surface area (Å²) in [6.07, 6.45) is 1.57. The summed E-state index contributed by atoms with van der Waals surface area (Å²) in [5.41, 5.74) is 3.08. The largest absolute Gasteiger partial charge is 0.402 e. The van der Waals surface area contributed by atoms with Crippen LogP contribution >= 0.6 is 11.6 Å². The summed E-state index contributed by atoms with van der Waals surface area (Å²) < 4.78 is 4.98. The van der Waals surface area contributed by atoms with Gasteiger partial charge in [0.2, 0.25) is 5.90 Å². The summed E-state index contributed by atoms with van der Waals surface area (Å²) in [5.74, 6) is -0.299. The van der Waals surface area contributed by atoms with E-state index in [2.05, 4.69) is 4.99 Å². The number of hydrogen-bond acceptors (Lipinski definition) is 5. The predicted octanol–water partition coefficient (Wildman–Crippen LogP) is 2.35. The van der Waals surface area contributed by atoms with E-state index in [0.29, 0.717) is 16.3 Å². The van der Waals surface area contributed by atoms with Crippen LogP contribution in [0.5, 0.6) is 0 Å². The fourth-order valence-corrected chi connectivity index (χ4v) is 1.53. The molecular weight excluding hydrogens is 244 g/mol. The minimum absolute atomic E-state index is 0.191. The molecule has 1 aliphatic rings. The first kappa shape index (κ1) is 11.6. The number of cyclic esters (lactones) is 1. The normalized spacial score (nSPS) is 17.0. The molecule has 0 saturated heterocycles. The van der Waals surface area contributed by atoms with Gasteiger partial charge in [-0.3, -0.25) is 10.7 Å². The fraction of sp³-hybridized carbons (Fsp3) is 0.0909. The second kappa shape index (κ2) is 4.57. The maximum absolute atomic E-state index is 11.3. The number of allylic oxidation sites excluding steroid dienone is 1. The highest BCUT2D eigenvalue weighted by Crippen LogP contribution is 2.24. The van der Waals surface area contributed by atoms with Crippen LogP contribution in [0.25, 0.3) is 0 Å². The van der Waals surface area contributed by atoms with Gasteiger partial charge in [0, 0.05) is 5.56 Å². The summed E-state index contributed by atoms with van der Waals surface area (Å²) >= 11 is 5.81. The molecule has 2 rings (SSSR count). The molecule has 1 aromatic carbocycles. The molecule has 2 N–H and O–H groups in total. The molecule has 0 aliphatic carbocycles. The van der Waals surface area contributed by atoms with Crippen LogP contribution in [-0.4, -0.2) is 17.1 Å². The standard InChI is InChI=1S/C11H9ClN2O3/c1-2-8-11(15)17-10(13-8)6-3-4-7(12)9(5-6)14-16/h2-5,14,16H,1H3/b8-2-. The molecule has 5 nitrogen and oxygen atoms in total. The van der Waals surface area contributed by atoms with Gasteiger partial charge in [0.1, 0.15) is 5.70 Å². The lowest BCUT2D eigenvalue weighted by atomic mass is 10.2. The molecule has 0 fully saturated rings.